The molecule has 0 radical (unpaired) electrons. The minimum Gasteiger partial charge on any atom is -0.338 e. The topological polar surface area (TPSA) is 64.9 Å². The quantitative estimate of drug-likeness (QED) is 0.845. The molecule has 84 valence electrons. The van der Waals surface area contributed by atoms with Gasteiger partial charge in [0.1, 0.15) is 11.1 Å². The summed E-state index contributed by atoms with van der Waals surface area (Å²) in [5.41, 5.74) is 1.73. The van der Waals surface area contributed by atoms with E-state index in [2.05, 4.69) is 16.7 Å². The second-order valence-electron chi connectivity index (χ2n) is 3.77. The third-order valence-corrected chi connectivity index (χ3v) is 3.43. The fourth-order valence-electron chi connectivity index (χ4n) is 1.58. The minimum atomic E-state index is -0.247. The zero-order valence-corrected chi connectivity index (χ0v) is 9.86. The van der Waals surface area contributed by atoms with Crippen molar-refractivity contribution in [2.24, 2.45) is 0 Å². The molecule has 0 atom stereocenters. The van der Waals surface area contributed by atoms with Gasteiger partial charge in [0.15, 0.2) is 0 Å². The second kappa shape index (κ2) is 4.54. The van der Waals surface area contributed by atoms with Crippen molar-refractivity contribution in [2.75, 3.05) is 11.9 Å². The van der Waals surface area contributed by atoms with Crippen LogP contribution in [0.2, 0.25) is 0 Å². The average Bonchev–Trinajstić information content (AvgIpc) is 3.02. The van der Waals surface area contributed by atoms with Gasteiger partial charge in [-0.2, -0.15) is 5.26 Å². The summed E-state index contributed by atoms with van der Waals surface area (Å²) in [6.07, 6.45) is 2.32. The predicted molar refractivity (Wildman–Crippen MR) is 63.7 cm³/mol. The first-order chi connectivity index (χ1) is 7.76. The zero-order chi connectivity index (χ0) is 11.5. The first-order valence-corrected chi connectivity index (χ1v) is 6.20. The molecule has 0 bridgehead atoms. The Kier molecular flexibility index (Phi) is 3.11. The van der Waals surface area contributed by atoms with Crippen molar-refractivity contribution in [3.63, 3.8) is 0 Å². The van der Waals surface area contributed by atoms with E-state index in [0.717, 1.165) is 18.4 Å². The van der Waals surface area contributed by atoms with Gasteiger partial charge in [0.25, 0.3) is 0 Å². The number of thiophene rings is 1. The Morgan fingerprint density at radius 3 is 3.00 bits per heavy atom. The van der Waals surface area contributed by atoms with Crippen molar-refractivity contribution < 1.29 is 4.79 Å². The maximum absolute atomic E-state index is 11.4. The first kappa shape index (κ1) is 11.0. The zero-order valence-electron chi connectivity index (χ0n) is 9.04. The number of rotatable bonds is 3. The summed E-state index contributed by atoms with van der Waals surface area (Å²) in [5, 5.41) is 17.1. The molecule has 2 rings (SSSR count). The van der Waals surface area contributed by atoms with Crippen LogP contribution in [0.3, 0.4) is 0 Å². The number of hydrogen-bond acceptors (Lipinski definition) is 3. The van der Waals surface area contributed by atoms with E-state index >= 15 is 0 Å². The molecule has 1 saturated carbocycles. The molecular weight excluding hydrogens is 222 g/mol. The summed E-state index contributed by atoms with van der Waals surface area (Å²) in [6.45, 7) is 2.43. The molecule has 1 aromatic heterocycles. The van der Waals surface area contributed by atoms with Gasteiger partial charge in [-0.3, -0.25) is 5.32 Å². The van der Waals surface area contributed by atoms with Crippen molar-refractivity contribution in [3.05, 3.63) is 16.5 Å². The van der Waals surface area contributed by atoms with E-state index in [9.17, 15) is 4.79 Å². The van der Waals surface area contributed by atoms with E-state index in [1.54, 1.807) is 0 Å². The molecule has 0 spiro atoms. The predicted octanol–water partition coefficient (Wildman–Crippen LogP) is 2.64. The molecule has 5 heteroatoms. The van der Waals surface area contributed by atoms with E-state index in [4.69, 9.17) is 5.26 Å². The van der Waals surface area contributed by atoms with E-state index < -0.39 is 0 Å². The lowest BCUT2D eigenvalue weighted by Gasteiger charge is -2.03. The number of nitrogens with one attached hydrogen (secondary N) is 2. The number of carbonyl (C=O) groups excluding carboxylic acids is 1. The van der Waals surface area contributed by atoms with E-state index in [-0.39, 0.29) is 6.03 Å². The van der Waals surface area contributed by atoms with Crippen LogP contribution in [0.4, 0.5) is 9.80 Å². The van der Waals surface area contributed by atoms with Crippen LogP contribution in [0, 0.1) is 11.3 Å². The third-order valence-electron chi connectivity index (χ3n) is 2.51. The number of urea groups is 1. The minimum absolute atomic E-state index is 0.247. The second-order valence-corrected chi connectivity index (χ2v) is 4.65. The molecule has 0 saturated heterocycles. The standard InChI is InChI=1S/C11H13N3OS/c1-2-13-11(15)14-10-8(5-12)9(6-16-10)7-3-4-7/h6-7H,2-4H2,1H3,(H2,13,14,15). The molecule has 0 unspecified atom stereocenters. The highest BCUT2D eigenvalue weighted by atomic mass is 32.1. The van der Waals surface area contributed by atoms with Crippen molar-refractivity contribution in [1.82, 2.24) is 5.32 Å². The smallest absolute Gasteiger partial charge is 0.319 e. The molecule has 2 N–H and O–H groups in total. The molecule has 1 fully saturated rings. The molecule has 1 aliphatic carbocycles. The molecule has 1 aromatic rings. The Hall–Kier alpha value is -1.54. The van der Waals surface area contributed by atoms with Crippen molar-refractivity contribution in [2.45, 2.75) is 25.7 Å². The monoisotopic (exact) mass is 235 g/mol. The Balaban J connectivity index is 2.15. The number of nitrogens with zero attached hydrogens (tertiary/aromatic N) is 1. The van der Waals surface area contributed by atoms with Crippen LogP contribution in [0.5, 0.6) is 0 Å². The third kappa shape index (κ3) is 2.17. The first-order valence-electron chi connectivity index (χ1n) is 5.32. The number of carbonyl (C=O) groups is 1. The Morgan fingerprint density at radius 1 is 1.69 bits per heavy atom. The summed E-state index contributed by atoms with van der Waals surface area (Å²) < 4.78 is 0. The maximum atomic E-state index is 11.4. The summed E-state index contributed by atoms with van der Waals surface area (Å²) in [4.78, 5) is 11.4. The highest BCUT2D eigenvalue weighted by Crippen LogP contribution is 2.45. The van der Waals surface area contributed by atoms with Gasteiger partial charge in [-0.1, -0.05) is 0 Å². The van der Waals surface area contributed by atoms with Gasteiger partial charge in [0.05, 0.1) is 5.56 Å². The lowest BCUT2D eigenvalue weighted by atomic mass is 10.1. The van der Waals surface area contributed by atoms with Crippen LogP contribution >= 0.6 is 11.3 Å². The number of anilines is 1. The molecule has 0 aromatic carbocycles. The lowest BCUT2D eigenvalue weighted by Crippen LogP contribution is -2.28. The van der Waals surface area contributed by atoms with Crippen molar-refractivity contribution in [1.29, 1.82) is 5.26 Å². The van der Waals surface area contributed by atoms with Gasteiger partial charge < -0.3 is 5.32 Å². The van der Waals surface area contributed by atoms with Crippen molar-refractivity contribution >= 4 is 22.4 Å². The Bertz CT molecular complexity index is 443. The molecule has 16 heavy (non-hydrogen) atoms. The number of amides is 2. The van der Waals surface area contributed by atoms with Gasteiger partial charge >= 0.3 is 6.03 Å². The van der Waals surface area contributed by atoms with Crippen LogP contribution in [0.15, 0.2) is 5.38 Å². The van der Waals surface area contributed by atoms with Gasteiger partial charge in [0, 0.05) is 6.54 Å². The highest BCUT2D eigenvalue weighted by molar-refractivity contribution is 7.14. The molecule has 0 aliphatic heterocycles. The van der Waals surface area contributed by atoms with Crippen LogP contribution in [0.25, 0.3) is 0 Å². The van der Waals surface area contributed by atoms with Crippen LogP contribution in [-0.4, -0.2) is 12.6 Å². The molecule has 2 amide bonds. The van der Waals surface area contributed by atoms with E-state index in [1.807, 2.05) is 12.3 Å². The van der Waals surface area contributed by atoms with Crippen LogP contribution < -0.4 is 10.6 Å². The fraction of sp³-hybridized carbons (Fsp3) is 0.455. The Morgan fingerprint density at radius 2 is 2.44 bits per heavy atom. The van der Waals surface area contributed by atoms with Gasteiger partial charge in [-0.25, -0.2) is 4.79 Å². The summed E-state index contributed by atoms with van der Waals surface area (Å²) in [6, 6.07) is 1.93. The molecule has 1 aliphatic rings. The van der Waals surface area contributed by atoms with E-state index in [0.29, 0.717) is 23.0 Å². The number of hydrogen-bond donors (Lipinski definition) is 2. The maximum Gasteiger partial charge on any atom is 0.319 e. The SMILES string of the molecule is CCNC(=O)Nc1scc(C2CC2)c1C#N. The molecule has 4 nitrogen and oxygen atoms in total. The van der Waals surface area contributed by atoms with Crippen LogP contribution in [-0.2, 0) is 0 Å². The molecular formula is C11H13N3OS. The van der Waals surface area contributed by atoms with Crippen molar-refractivity contribution in [3.8, 4) is 6.07 Å². The average molecular weight is 235 g/mol. The fourth-order valence-corrected chi connectivity index (χ4v) is 2.57. The van der Waals surface area contributed by atoms with Gasteiger partial charge in [-0.15, -0.1) is 11.3 Å². The van der Waals surface area contributed by atoms with Crippen LogP contribution in [0.1, 0.15) is 36.8 Å². The molecule has 1 heterocycles. The lowest BCUT2D eigenvalue weighted by molar-refractivity contribution is 0.252. The largest absolute Gasteiger partial charge is 0.338 e. The summed E-state index contributed by atoms with van der Waals surface area (Å²) >= 11 is 1.43. The van der Waals surface area contributed by atoms with Gasteiger partial charge in [-0.05, 0) is 36.6 Å². The Labute approximate surface area is 98.3 Å². The normalized spacial score (nSPS) is 14.2. The highest BCUT2D eigenvalue weighted by Gasteiger charge is 2.28. The summed E-state index contributed by atoms with van der Waals surface area (Å²) in [7, 11) is 0. The van der Waals surface area contributed by atoms with E-state index in [1.165, 1.54) is 11.3 Å². The summed E-state index contributed by atoms with van der Waals surface area (Å²) in [5.74, 6) is 0.538. The number of nitriles is 1. The van der Waals surface area contributed by atoms with Gasteiger partial charge in [0.2, 0.25) is 0 Å².